The SMILES string of the molecule is O=C(Nc1cn(CC(=O)N2CCC(N3CCCOCC3)CC2)nc1-c1cc(Cl)ccc1OC(F)F)c1cnn2cccnc12. The Bertz CT molecular complexity index is 1630. The summed E-state index contributed by atoms with van der Waals surface area (Å²) in [6.07, 6.45) is 8.78. The van der Waals surface area contributed by atoms with E-state index < -0.39 is 12.5 Å². The number of anilines is 1. The third kappa shape index (κ3) is 6.66. The van der Waals surface area contributed by atoms with Gasteiger partial charge in [0, 0.05) is 68.0 Å². The smallest absolute Gasteiger partial charge is 0.387 e. The lowest BCUT2D eigenvalue weighted by Crippen LogP contribution is -2.48. The summed E-state index contributed by atoms with van der Waals surface area (Å²) in [5.41, 5.74) is 0.918. The van der Waals surface area contributed by atoms with Crippen LogP contribution in [-0.4, -0.2) is 98.0 Å². The molecule has 0 radical (unpaired) electrons. The van der Waals surface area contributed by atoms with E-state index in [1.807, 2.05) is 0 Å². The first-order valence-electron chi connectivity index (χ1n) is 14.4. The van der Waals surface area contributed by atoms with Crippen LogP contribution in [0.2, 0.25) is 5.02 Å². The number of aromatic nitrogens is 5. The van der Waals surface area contributed by atoms with Crippen molar-refractivity contribution in [3.05, 3.63) is 59.6 Å². The molecular formula is C29H31ClF2N8O4. The van der Waals surface area contributed by atoms with Crippen molar-refractivity contribution in [1.29, 1.82) is 0 Å². The number of carbonyl (C=O) groups excluding carboxylic acids is 2. The van der Waals surface area contributed by atoms with Gasteiger partial charge in [0.2, 0.25) is 5.91 Å². The quantitative estimate of drug-likeness (QED) is 0.313. The first-order chi connectivity index (χ1) is 21.4. The van der Waals surface area contributed by atoms with Gasteiger partial charge in [0.25, 0.3) is 5.91 Å². The number of piperidine rings is 1. The maximum Gasteiger partial charge on any atom is 0.387 e. The summed E-state index contributed by atoms with van der Waals surface area (Å²) in [5.74, 6) is -0.878. The standard InChI is InChI=1S/C29H31ClF2N8O4/c30-19-3-4-24(44-29(31)32)21(15-19)26-23(35-28(42)22-16-34-40-9-1-7-33-27(22)40)17-39(36-26)18-25(41)38-10-5-20(6-11-38)37-8-2-13-43-14-12-37/h1,3-4,7,9,15-17,20,29H,2,5-6,8,10-14,18H2,(H,35,42). The molecule has 6 rings (SSSR count). The average Bonchev–Trinajstić information content (AvgIpc) is 3.51. The van der Waals surface area contributed by atoms with E-state index in [1.165, 1.54) is 46.0 Å². The number of nitrogens with one attached hydrogen (secondary N) is 1. The van der Waals surface area contributed by atoms with Crippen LogP contribution in [0.25, 0.3) is 16.9 Å². The minimum atomic E-state index is -3.11. The van der Waals surface area contributed by atoms with Crippen LogP contribution in [0, 0.1) is 0 Å². The Morgan fingerprint density at radius 3 is 2.82 bits per heavy atom. The molecule has 232 valence electrons. The van der Waals surface area contributed by atoms with Crippen molar-refractivity contribution in [2.75, 3.05) is 44.7 Å². The molecule has 2 saturated heterocycles. The van der Waals surface area contributed by atoms with E-state index in [-0.39, 0.29) is 45.7 Å². The fourth-order valence-corrected chi connectivity index (χ4v) is 5.88. The molecule has 1 aromatic carbocycles. The van der Waals surface area contributed by atoms with Gasteiger partial charge in [-0.3, -0.25) is 19.2 Å². The van der Waals surface area contributed by atoms with Gasteiger partial charge in [0.15, 0.2) is 5.65 Å². The number of carbonyl (C=O) groups is 2. The largest absolute Gasteiger partial charge is 0.434 e. The fraction of sp³-hybridized carbons (Fsp3) is 0.414. The molecule has 0 atom stereocenters. The normalized spacial score (nSPS) is 16.8. The Morgan fingerprint density at radius 2 is 2.00 bits per heavy atom. The molecule has 0 aliphatic carbocycles. The number of nitrogens with zero attached hydrogens (tertiary/aromatic N) is 7. The maximum atomic E-state index is 13.4. The number of alkyl halides is 2. The number of hydrogen-bond donors (Lipinski definition) is 1. The maximum absolute atomic E-state index is 13.4. The van der Waals surface area contributed by atoms with Crippen LogP contribution in [0.3, 0.4) is 0 Å². The zero-order valence-corrected chi connectivity index (χ0v) is 24.5. The molecule has 15 heteroatoms. The highest BCUT2D eigenvalue weighted by atomic mass is 35.5. The molecule has 5 heterocycles. The van der Waals surface area contributed by atoms with E-state index in [0.717, 1.165) is 45.6 Å². The van der Waals surface area contributed by atoms with Crippen LogP contribution in [0.5, 0.6) is 5.75 Å². The van der Waals surface area contributed by atoms with E-state index in [0.29, 0.717) is 24.8 Å². The van der Waals surface area contributed by atoms with Crippen molar-refractivity contribution in [3.63, 3.8) is 0 Å². The van der Waals surface area contributed by atoms with Gasteiger partial charge < -0.3 is 19.7 Å². The van der Waals surface area contributed by atoms with Crippen LogP contribution in [0.1, 0.15) is 29.6 Å². The van der Waals surface area contributed by atoms with Gasteiger partial charge in [0.05, 0.1) is 18.5 Å². The predicted molar refractivity (Wildman–Crippen MR) is 157 cm³/mol. The summed E-state index contributed by atoms with van der Waals surface area (Å²) in [6, 6.07) is 6.21. The number of benzene rings is 1. The highest BCUT2D eigenvalue weighted by Gasteiger charge is 2.28. The molecule has 12 nitrogen and oxygen atoms in total. The van der Waals surface area contributed by atoms with Crippen LogP contribution in [-0.2, 0) is 16.1 Å². The molecule has 0 saturated carbocycles. The molecule has 4 aromatic rings. The van der Waals surface area contributed by atoms with Crippen LogP contribution < -0.4 is 10.1 Å². The molecule has 0 spiro atoms. The number of rotatable bonds is 8. The lowest BCUT2D eigenvalue weighted by molar-refractivity contribution is -0.133. The van der Waals surface area contributed by atoms with Gasteiger partial charge in [-0.05, 0) is 43.5 Å². The Balaban J connectivity index is 1.24. The predicted octanol–water partition coefficient (Wildman–Crippen LogP) is 3.81. The molecule has 44 heavy (non-hydrogen) atoms. The highest BCUT2D eigenvalue weighted by Crippen LogP contribution is 2.37. The lowest BCUT2D eigenvalue weighted by Gasteiger charge is -2.38. The van der Waals surface area contributed by atoms with Crippen molar-refractivity contribution >= 4 is 34.7 Å². The molecule has 3 aromatic heterocycles. The number of hydrogen-bond acceptors (Lipinski definition) is 8. The van der Waals surface area contributed by atoms with Crippen molar-refractivity contribution in [2.24, 2.45) is 0 Å². The van der Waals surface area contributed by atoms with E-state index in [1.54, 1.807) is 17.2 Å². The van der Waals surface area contributed by atoms with Gasteiger partial charge in [-0.1, -0.05) is 11.6 Å². The first-order valence-corrected chi connectivity index (χ1v) is 14.7. The molecule has 2 fully saturated rings. The Kier molecular flexibility index (Phi) is 9.00. The topological polar surface area (TPSA) is 119 Å². The Hall–Kier alpha value is -4.14. The molecule has 0 unspecified atom stereocenters. The zero-order chi connectivity index (χ0) is 30.6. The molecule has 2 aliphatic heterocycles. The van der Waals surface area contributed by atoms with Crippen molar-refractivity contribution < 1.29 is 27.8 Å². The molecule has 1 N–H and O–H groups in total. The zero-order valence-electron chi connectivity index (χ0n) is 23.7. The van der Waals surface area contributed by atoms with Crippen LogP contribution >= 0.6 is 11.6 Å². The van der Waals surface area contributed by atoms with E-state index in [2.05, 4.69) is 25.4 Å². The minimum Gasteiger partial charge on any atom is -0.434 e. The summed E-state index contributed by atoms with van der Waals surface area (Å²) in [6.45, 7) is 1.40. The van der Waals surface area contributed by atoms with Crippen LogP contribution in [0.15, 0.2) is 49.1 Å². The second-order valence-corrected chi connectivity index (χ2v) is 11.1. The Morgan fingerprint density at radius 1 is 1.16 bits per heavy atom. The summed E-state index contributed by atoms with van der Waals surface area (Å²) in [7, 11) is 0. The number of amides is 2. The van der Waals surface area contributed by atoms with E-state index in [4.69, 9.17) is 21.1 Å². The van der Waals surface area contributed by atoms with Gasteiger partial charge in [-0.15, -0.1) is 0 Å². The molecule has 0 bridgehead atoms. The second-order valence-electron chi connectivity index (χ2n) is 10.6. The minimum absolute atomic E-state index is 0.107. The molecule has 2 amide bonds. The fourth-order valence-electron chi connectivity index (χ4n) is 5.71. The summed E-state index contributed by atoms with van der Waals surface area (Å²) < 4.78 is 39.7. The highest BCUT2D eigenvalue weighted by molar-refractivity contribution is 6.31. The molecule has 2 aliphatic rings. The van der Waals surface area contributed by atoms with E-state index in [9.17, 15) is 18.4 Å². The number of likely N-dealkylation sites (tertiary alicyclic amines) is 1. The third-order valence-electron chi connectivity index (χ3n) is 7.83. The van der Waals surface area contributed by atoms with Crippen molar-refractivity contribution in [1.82, 2.24) is 34.2 Å². The van der Waals surface area contributed by atoms with E-state index >= 15 is 0 Å². The first kappa shape index (κ1) is 29.9. The summed E-state index contributed by atoms with van der Waals surface area (Å²) in [4.78, 5) is 35.2. The monoisotopic (exact) mass is 628 g/mol. The Labute approximate surface area is 256 Å². The van der Waals surface area contributed by atoms with Crippen LogP contribution in [0.4, 0.5) is 14.5 Å². The van der Waals surface area contributed by atoms with Crippen molar-refractivity contribution in [3.8, 4) is 17.0 Å². The summed E-state index contributed by atoms with van der Waals surface area (Å²) >= 11 is 6.22. The lowest BCUT2D eigenvalue weighted by atomic mass is 10.0. The van der Waals surface area contributed by atoms with Gasteiger partial charge >= 0.3 is 6.61 Å². The van der Waals surface area contributed by atoms with Crippen molar-refractivity contribution in [2.45, 2.75) is 38.5 Å². The van der Waals surface area contributed by atoms with Gasteiger partial charge in [-0.2, -0.15) is 19.0 Å². The molecular weight excluding hydrogens is 598 g/mol. The summed E-state index contributed by atoms with van der Waals surface area (Å²) in [5, 5.41) is 11.7. The number of fused-ring (bicyclic) bond motifs is 1. The third-order valence-corrected chi connectivity index (χ3v) is 8.07. The number of halogens is 3. The number of ether oxygens (including phenoxy) is 2. The van der Waals surface area contributed by atoms with Gasteiger partial charge in [-0.25, -0.2) is 9.50 Å². The average molecular weight is 629 g/mol. The second kappa shape index (κ2) is 13.2. The van der Waals surface area contributed by atoms with Gasteiger partial charge in [0.1, 0.15) is 23.6 Å².